The summed E-state index contributed by atoms with van der Waals surface area (Å²) in [7, 11) is -3.74. The van der Waals surface area contributed by atoms with Crippen LogP contribution >= 0.6 is 23.2 Å². The molecule has 1 aliphatic rings. The van der Waals surface area contributed by atoms with Crippen LogP contribution < -0.4 is 10.6 Å². The fourth-order valence-electron chi connectivity index (χ4n) is 3.83. The summed E-state index contributed by atoms with van der Waals surface area (Å²) >= 11 is 12.0. The highest BCUT2D eigenvalue weighted by Gasteiger charge is 2.30. The number of anilines is 1. The lowest BCUT2D eigenvalue weighted by Crippen LogP contribution is -2.50. The lowest BCUT2D eigenvalue weighted by Gasteiger charge is -2.34. The molecule has 1 fully saturated rings. The standard InChI is InChI=1S/C25H25Cl2N5O4S/c26-22-8-3-18(14-23(22)27)15-24(33)31-10-12-32(13-11-31)37(35,36)21-6-4-20(5-7-21)30-25(34)29-17-19-2-1-9-28-16-19/h1-9,14,16H,10-13,15,17H2,(H2,29,30,34). The van der Waals surface area contributed by atoms with Crippen molar-refractivity contribution in [1.82, 2.24) is 19.5 Å². The first kappa shape index (κ1) is 26.9. The third-order valence-corrected chi connectivity index (χ3v) is 8.51. The highest BCUT2D eigenvalue weighted by atomic mass is 35.5. The summed E-state index contributed by atoms with van der Waals surface area (Å²) < 4.78 is 27.6. The van der Waals surface area contributed by atoms with Crippen LogP contribution in [-0.2, 0) is 27.8 Å². The van der Waals surface area contributed by atoms with Crippen LogP contribution in [0.15, 0.2) is 71.9 Å². The third kappa shape index (κ3) is 6.98. The minimum Gasteiger partial charge on any atom is -0.340 e. The molecule has 0 spiro atoms. The topological polar surface area (TPSA) is 112 Å². The van der Waals surface area contributed by atoms with Gasteiger partial charge in [-0.1, -0.05) is 35.3 Å². The molecule has 0 bridgehead atoms. The molecule has 3 amide bonds. The Balaban J connectivity index is 1.28. The van der Waals surface area contributed by atoms with Crippen molar-refractivity contribution in [2.24, 2.45) is 0 Å². The molecule has 9 nitrogen and oxygen atoms in total. The van der Waals surface area contributed by atoms with Gasteiger partial charge < -0.3 is 15.5 Å². The molecule has 0 unspecified atom stereocenters. The summed E-state index contributed by atoms with van der Waals surface area (Å²) in [6.45, 7) is 1.26. The predicted molar refractivity (Wildman–Crippen MR) is 142 cm³/mol. The average Bonchev–Trinajstić information content (AvgIpc) is 2.90. The lowest BCUT2D eigenvalue weighted by molar-refractivity contribution is -0.131. The second-order valence-corrected chi connectivity index (χ2v) is 11.2. The molecule has 194 valence electrons. The Morgan fingerprint density at radius 1 is 0.919 bits per heavy atom. The Labute approximate surface area is 225 Å². The number of nitrogens with one attached hydrogen (secondary N) is 2. The maximum absolute atomic E-state index is 13.1. The molecule has 3 aromatic rings. The monoisotopic (exact) mass is 561 g/mol. The van der Waals surface area contributed by atoms with Crippen molar-refractivity contribution in [3.63, 3.8) is 0 Å². The fourth-order valence-corrected chi connectivity index (χ4v) is 5.58. The SMILES string of the molecule is O=C(NCc1cccnc1)Nc1ccc(S(=O)(=O)N2CCN(C(=O)Cc3ccc(Cl)c(Cl)c3)CC2)cc1. The van der Waals surface area contributed by atoms with E-state index in [4.69, 9.17) is 23.2 Å². The number of carbonyl (C=O) groups excluding carboxylic acids is 2. The third-order valence-electron chi connectivity index (χ3n) is 5.86. The number of pyridine rings is 1. The fraction of sp³-hybridized carbons (Fsp3) is 0.240. The summed E-state index contributed by atoms with van der Waals surface area (Å²) in [5.74, 6) is -0.104. The smallest absolute Gasteiger partial charge is 0.319 e. The van der Waals surface area contributed by atoms with E-state index in [-0.39, 0.29) is 43.4 Å². The van der Waals surface area contributed by atoms with E-state index >= 15 is 0 Å². The molecule has 0 radical (unpaired) electrons. The number of sulfonamides is 1. The highest BCUT2D eigenvalue weighted by Crippen LogP contribution is 2.24. The molecular weight excluding hydrogens is 537 g/mol. The summed E-state index contributed by atoms with van der Waals surface area (Å²) in [5.41, 5.74) is 2.06. The first-order valence-electron chi connectivity index (χ1n) is 11.5. The second-order valence-electron chi connectivity index (χ2n) is 8.40. The van der Waals surface area contributed by atoms with Gasteiger partial charge in [0.05, 0.1) is 21.4 Å². The maximum atomic E-state index is 13.1. The van der Waals surface area contributed by atoms with Crippen LogP contribution in [0.25, 0.3) is 0 Å². The van der Waals surface area contributed by atoms with Gasteiger partial charge in [-0.05, 0) is 53.6 Å². The summed E-state index contributed by atoms with van der Waals surface area (Å²) in [4.78, 5) is 30.6. The van der Waals surface area contributed by atoms with Crippen molar-refractivity contribution in [3.05, 3.63) is 88.2 Å². The van der Waals surface area contributed by atoms with Crippen LogP contribution in [0.5, 0.6) is 0 Å². The number of rotatable bonds is 7. The van der Waals surface area contributed by atoms with Crippen LogP contribution in [0.4, 0.5) is 10.5 Å². The van der Waals surface area contributed by atoms with E-state index in [0.29, 0.717) is 22.3 Å². The van der Waals surface area contributed by atoms with Gasteiger partial charge in [0.25, 0.3) is 0 Å². The van der Waals surface area contributed by atoms with Crippen molar-refractivity contribution in [2.75, 3.05) is 31.5 Å². The summed E-state index contributed by atoms with van der Waals surface area (Å²) in [6.07, 6.45) is 3.47. The Morgan fingerprint density at radius 3 is 2.30 bits per heavy atom. The maximum Gasteiger partial charge on any atom is 0.319 e. The molecule has 0 saturated carbocycles. The van der Waals surface area contributed by atoms with E-state index in [1.807, 2.05) is 6.07 Å². The van der Waals surface area contributed by atoms with Gasteiger partial charge >= 0.3 is 6.03 Å². The normalized spacial score (nSPS) is 14.3. The first-order valence-corrected chi connectivity index (χ1v) is 13.7. The van der Waals surface area contributed by atoms with Crippen molar-refractivity contribution < 1.29 is 18.0 Å². The Hall–Kier alpha value is -3.18. The molecule has 2 N–H and O–H groups in total. The van der Waals surface area contributed by atoms with Gasteiger partial charge in [0, 0.05) is 50.8 Å². The first-order chi connectivity index (χ1) is 17.7. The highest BCUT2D eigenvalue weighted by molar-refractivity contribution is 7.89. The van der Waals surface area contributed by atoms with Gasteiger partial charge in [-0.25, -0.2) is 13.2 Å². The molecular formula is C25H25Cl2N5O4S. The number of carbonyl (C=O) groups is 2. The number of hydrogen-bond donors (Lipinski definition) is 2. The van der Waals surface area contributed by atoms with Crippen LogP contribution in [0.1, 0.15) is 11.1 Å². The van der Waals surface area contributed by atoms with E-state index in [1.54, 1.807) is 41.6 Å². The van der Waals surface area contributed by atoms with Crippen LogP contribution in [0.2, 0.25) is 10.0 Å². The molecule has 2 aromatic carbocycles. The van der Waals surface area contributed by atoms with Gasteiger partial charge in [0.1, 0.15) is 0 Å². The predicted octanol–water partition coefficient (Wildman–Crippen LogP) is 3.79. The van der Waals surface area contributed by atoms with Crippen LogP contribution in [0.3, 0.4) is 0 Å². The summed E-state index contributed by atoms with van der Waals surface area (Å²) in [6, 6.07) is 14.2. The zero-order valence-electron chi connectivity index (χ0n) is 19.7. The zero-order valence-corrected chi connectivity index (χ0v) is 22.1. The number of benzene rings is 2. The molecule has 0 atom stereocenters. The molecule has 1 aliphatic heterocycles. The molecule has 1 saturated heterocycles. The number of nitrogens with zero attached hydrogens (tertiary/aromatic N) is 3. The molecule has 1 aromatic heterocycles. The number of urea groups is 1. The van der Waals surface area contributed by atoms with Gasteiger partial charge in [-0.2, -0.15) is 4.31 Å². The molecule has 0 aliphatic carbocycles. The number of amides is 3. The van der Waals surface area contributed by atoms with Gasteiger partial charge in [-0.15, -0.1) is 0 Å². The Bertz CT molecular complexity index is 1360. The summed E-state index contributed by atoms with van der Waals surface area (Å²) in [5, 5.41) is 6.20. The average molecular weight is 562 g/mol. The molecule has 4 rings (SSSR count). The minimum absolute atomic E-state index is 0.104. The zero-order chi connectivity index (χ0) is 26.4. The lowest BCUT2D eigenvalue weighted by atomic mass is 10.1. The van der Waals surface area contributed by atoms with E-state index in [1.165, 1.54) is 28.6 Å². The van der Waals surface area contributed by atoms with Crippen LogP contribution in [0, 0.1) is 0 Å². The van der Waals surface area contributed by atoms with Crippen molar-refractivity contribution in [3.8, 4) is 0 Å². The van der Waals surface area contributed by atoms with E-state index in [0.717, 1.165) is 11.1 Å². The largest absolute Gasteiger partial charge is 0.340 e. The minimum atomic E-state index is -3.74. The van der Waals surface area contributed by atoms with Crippen molar-refractivity contribution >= 4 is 50.9 Å². The molecule has 2 heterocycles. The second kappa shape index (κ2) is 11.9. The van der Waals surface area contributed by atoms with Crippen molar-refractivity contribution in [2.45, 2.75) is 17.9 Å². The van der Waals surface area contributed by atoms with E-state index in [9.17, 15) is 18.0 Å². The number of aromatic nitrogens is 1. The Kier molecular flexibility index (Phi) is 8.65. The quantitative estimate of drug-likeness (QED) is 0.455. The van der Waals surface area contributed by atoms with Gasteiger partial charge in [0.15, 0.2) is 0 Å². The van der Waals surface area contributed by atoms with E-state index < -0.39 is 16.1 Å². The van der Waals surface area contributed by atoms with E-state index in [2.05, 4.69) is 15.6 Å². The number of halogens is 2. The van der Waals surface area contributed by atoms with Gasteiger partial charge in [-0.3, -0.25) is 9.78 Å². The Morgan fingerprint density at radius 2 is 1.65 bits per heavy atom. The van der Waals surface area contributed by atoms with Crippen LogP contribution in [-0.4, -0.2) is 60.7 Å². The number of hydrogen-bond acceptors (Lipinski definition) is 5. The van der Waals surface area contributed by atoms with Crippen molar-refractivity contribution in [1.29, 1.82) is 0 Å². The van der Waals surface area contributed by atoms with Gasteiger partial charge in [0.2, 0.25) is 15.9 Å². The number of piperazine rings is 1. The molecule has 37 heavy (non-hydrogen) atoms. The molecule has 12 heteroatoms.